The zero-order valence-electron chi connectivity index (χ0n) is 7.09. The number of hydrogen-bond acceptors (Lipinski definition) is 1. The molecule has 0 fully saturated rings. The molecule has 1 rings (SSSR count). The van der Waals surface area contributed by atoms with Crippen molar-refractivity contribution in [2.45, 2.75) is 19.3 Å². The third kappa shape index (κ3) is 3.27. The van der Waals surface area contributed by atoms with E-state index in [1.54, 1.807) is 12.1 Å². The van der Waals surface area contributed by atoms with Gasteiger partial charge in [-0.25, -0.2) is 4.39 Å². The van der Waals surface area contributed by atoms with Crippen LogP contribution in [0.3, 0.4) is 0 Å². The topological polar surface area (TPSA) is 17.1 Å². The van der Waals surface area contributed by atoms with Crippen molar-refractivity contribution in [2.24, 2.45) is 0 Å². The predicted molar refractivity (Wildman–Crippen MR) is 53.1 cm³/mol. The maximum Gasteiger partial charge on any atom is 0.137 e. The Morgan fingerprint density at radius 1 is 1.46 bits per heavy atom. The number of aryl methyl sites for hydroxylation is 1. The van der Waals surface area contributed by atoms with Gasteiger partial charge in [-0.15, -0.1) is 0 Å². The summed E-state index contributed by atoms with van der Waals surface area (Å²) in [7, 11) is 0. The molecule has 0 saturated carbocycles. The van der Waals surface area contributed by atoms with E-state index in [0.717, 1.165) is 24.7 Å². The molecule has 0 aliphatic carbocycles. The Kier molecular flexibility index (Phi) is 4.09. The highest BCUT2D eigenvalue weighted by Crippen LogP contribution is 2.17. The molecule has 0 heterocycles. The molecule has 0 N–H and O–H groups in total. The SMILES string of the molecule is O=CCCCc1ccc(F)c(Br)c1. The molecule has 1 aromatic rings. The fourth-order valence-electron chi connectivity index (χ4n) is 1.08. The first-order valence-corrected chi connectivity index (χ1v) is 4.91. The highest BCUT2D eigenvalue weighted by molar-refractivity contribution is 9.10. The fourth-order valence-corrected chi connectivity index (χ4v) is 1.51. The van der Waals surface area contributed by atoms with E-state index in [-0.39, 0.29) is 5.82 Å². The van der Waals surface area contributed by atoms with Crippen molar-refractivity contribution < 1.29 is 9.18 Å². The number of hydrogen-bond donors (Lipinski definition) is 0. The minimum Gasteiger partial charge on any atom is -0.303 e. The van der Waals surface area contributed by atoms with Gasteiger partial charge in [-0.3, -0.25) is 0 Å². The highest BCUT2D eigenvalue weighted by Gasteiger charge is 1.99. The van der Waals surface area contributed by atoms with Crippen molar-refractivity contribution in [3.63, 3.8) is 0 Å². The molecule has 13 heavy (non-hydrogen) atoms. The lowest BCUT2D eigenvalue weighted by molar-refractivity contribution is -0.107. The molecule has 0 spiro atoms. The highest BCUT2D eigenvalue weighted by atomic mass is 79.9. The molecule has 0 radical (unpaired) electrons. The van der Waals surface area contributed by atoms with Crippen LogP contribution in [0.1, 0.15) is 18.4 Å². The Balaban J connectivity index is 2.57. The van der Waals surface area contributed by atoms with Crippen LogP contribution in [0.2, 0.25) is 0 Å². The second-order valence-electron chi connectivity index (χ2n) is 2.81. The number of benzene rings is 1. The molecule has 0 amide bonds. The second kappa shape index (κ2) is 5.12. The third-order valence-corrected chi connectivity index (χ3v) is 2.38. The van der Waals surface area contributed by atoms with E-state index in [0.29, 0.717) is 10.9 Å². The molecule has 0 unspecified atom stereocenters. The van der Waals surface area contributed by atoms with Gasteiger partial charge in [-0.1, -0.05) is 6.07 Å². The van der Waals surface area contributed by atoms with Gasteiger partial charge in [-0.2, -0.15) is 0 Å². The summed E-state index contributed by atoms with van der Waals surface area (Å²) in [6.07, 6.45) is 3.10. The van der Waals surface area contributed by atoms with Crippen LogP contribution in [0, 0.1) is 5.82 Å². The average molecular weight is 245 g/mol. The van der Waals surface area contributed by atoms with Crippen LogP contribution < -0.4 is 0 Å². The Labute approximate surface area is 85.1 Å². The molecule has 0 aliphatic heterocycles. The summed E-state index contributed by atoms with van der Waals surface area (Å²) in [4.78, 5) is 10.0. The lowest BCUT2D eigenvalue weighted by Gasteiger charge is -2.00. The largest absolute Gasteiger partial charge is 0.303 e. The predicted octanol–water partition coefficient (Wildman–Crippen LogP) is 3.11. The Bertz CT molecular complexity index is 299. The number of rotatable bonds is 4. The van der Waals surface area contributed by atoms with E-state index in [9.17, 15) is 9.18 Å². The van der Waals surface area contributed by atoms with Crippen molar-refractivity contribution >= 4 is 22.2 Å². The standard InChI is InChI=1S/C10H10BrFO/c11-9-7-8(3-1-2-6-13)4-5-10(9)12/h4-7H,1-3H2. The van der Waals surface area contributed by atoms with Gasteiger partial charge < -0.3 is 4.79 Å². The van der Waals surface area contributed by atoms with Crippen molar-refractivity contribution in [3.05, 3.63) is 34.1 Å². The van der Waals surface area contributed by atoms with Gasteiger partial charge in [-0.05, 0) is 46.5 Å². The summed E-state index contributed by atoms with van der Waals surface area (Å²) >= 11 is 3.11. The molecule has 0 aromatic heterocycles. The minimum atomic E-state index is -0.251. The summed E-state index contributed by atoms with van der Waals surface area (Å²) in [5, 5.41) is 0. The van der Waals surface area contributed by atoms with Crippen molar-refractivity contribution in [1.82, 2.24) is 0 Å². The molecule has 0 saturated heterocycles. The number of carbonyl (C=O) groups excluding carboxylic acids is 1. The maximum atomic E-state index is 12.8. The molecular formula is C10H10BrFO. The molecular weight excluding hydrogens is 235 g/mol. The van der Waals surface area contributed by atoms with Gasteiger partial charge in [0.25, 0.3) is 0 Å². The number of aldehydes is 1. The van der Waals surface area contributed by atoms with Crippen molar-refractivity contribution in [1.29, 1.82) is 0 Å². The Morgan fingerprint density at radius 2 is 2.23 bits per heavy atom. The van der Waals surface area contributed by atoms with Gasteiger partial charge in [0.2, 0.25) is 0 Å². The van der Waals surface area contributed by atoms with Crippen LogP contribution in [0.15, 0.2) is 22.7 Å². The van der Waals surface area contributed by atoms with Crippen LogP contribution in [0.5, 0.6) is 0 Å². The van der Waals surface area contributed by atoms with E-state index in [1.165, 1.54) is 6.07 Å². The molecule has 0 bridgehead atoms. The van der Waals surface area contributed by atoms with Gasteiger partial charge >= 0.3 is 0 Å². The van der Waals surface area contributed by atoms with Crippen LogP contribution in [0.25, 0.3) is 0 Å². The lowest BCUT2D eigenvalue weighted by atomic mass is 10.1. The van der Waals surface area contributed by atoms with E-state index in [2.05, 4.69) is 15.9 Å². The summed E-state index contributed by atoms with van der Waals surface area (Å²) in [5.41, 5.74) is 1.05. The fraction of sp³-hybridized carbons (Fsp3) is 0.300. The smallest absolute Gasteiger partial charge is 0.137 e. The van der Waals surface area contributed by atoms with Crippen molar-refractivity contribution in [2.75, 3.05) is 0 Å². The van der Waals surface area contributed by atoms with E-state index in [4.69, 9.17) is 0 Å². The first kappa shape index (κ1) is 10.4. The molecule has 0 aliphatic rings. The van der Waals surface area contributed by atoms with Crippen LogP contribution in [-0.4, -0.2) is 6.29 Å². The van der Waals surface area contributed by atoms with Crippen LogP contribution >= 0.6 is 15.9 Å². The number of halogens is 2. The van der Waals surface area contributed by atoms with Gasteiger partial charge in [0.05, 0.1) is 4.47 Å². The van der Waals surface area contributed by atoms with Gasteiger partial charge in [0, 0.05) is 6.42 Å². The third-order valence-electron chi connectivity index (χ3n) is 1.77. The molecule has 0 atom stereocenters. The molecule has 70 valence electrons. The molecule has 1 aromatic carbocycles. The zero-order valence-corrected chi connectivity index (χ0v) is 8.68. The summed E-state index contributed by atoms with van der Waals surface area (Å²) in [6, 6.07) is 4.92. The van der Waals surface area contributed by atoms with Gasteiger partial charge in [0.1, 0.15) is 12.1 Å². The van der Waals surface area contributed by atoms with E-state index < -0.39 is 0 Å². The first-order chi connectivity index (χ1) is 6.24. The van der Waals surface area contributed by atoms with Crippen molar-refractivity contribution in [3.8, 4) is 0 Å². The quantitative estimate of drug-likeness (QED) is 0.588. The monoisotopic (exact) mass is 244 g/mol. The normalized spacial score (nSPS) is 10.0. The molecule has 3 heteroatoms. The summed E-state index contributed by atoms with van der Waals surface area (Å²) in [6.45, 7) is 0. The zero-order chi connectivity index (χ0) is 9.68. The Morgan fingerprint density at radius 3 is 2.85 bits per heavy atom. The average Bonchev–Trinajstić information content (AvgIpc) is 2.12. The second-order valence-corrected chi connectivity index (χ2v) is 3.66. The lowest BCUT2D eigenvalue weighted by Crippen LogP contribution is -1.87. The Hall–Kier alpha value is -0.700. The first-order valence-electron chi connectivity index (χ1n) is 4.11. The summed E-state index contributed by atoms with van der Waals surface area (Å²) < 4.78 is 13.3. The maximum absolute atomic E-state index is 12.8. The summed E-state index contributed by atoms with van der Waals surface area (Å²) in [5.74, 6) is -0.251. The molecule has 1 nitrogen and oxygen atoms in total. The minimum absolute atomic E-state index is 0.251. The van der Waals surface area contributed by atoms with E-state index in [1.807, 2.05) is 0 Å². The van der Waals surface area contributed by atoms with Crippen LogP contribution in [-0.2, 0) is 11.2 Å². The van der Waals surface area contributed by atoms with Gasteiger partial charge in [0.15, 0.2) is 0 Å². The van der Waals surface area contributed by atoms with E-state index >= 15 is 0 Å². The number of unbranched alkanes of at least 4 members (excludes halogenated alkanes) is 1. The number of carbonyl (C=O) groups is 1. The van der Waals surface area contributed by atoms with Crippen LogP contribution in [0.4, 0.5) is 4.39 Å².